The molecule has 106 valence electrons. The van der Waals surface area contributed by atoms with Crippen LogP contribution in [0.4, 0.5) is 4.39 Å². The zero-order valence-electron chi connectivity index (χ0n) is 10.9. The SMILES string of the molecule is O=C(NCc1cnn2ccccc12)c1c(F)cccc1Cl. The van der Waals surface area contributed by atoms with Crippen molar-refractivity contribution in [3.8, 4) is 0 Å². The summed E-state index contributed by atoms with van der Waals surface area (Å²) in [5, 5.41) is 6.92. The molecule has 1 N–H and O–H groups in total. The second kappa shape index (κ2) is 5.54. The van der Waals surface area contributed by atoms with E-state index in [0.29, 0.717) is 0 Å². The third-order valence-corrected chi connectivity index (χ3v) is 3.45. The summed E-state index contributed by atoms with van der Waals surface area (Å²) < 4.78 is 15.4. The van der Waals surface area contributed by atoms with Crippen molar-refractivity contribution < 1.29 is 9.18 Å². The molecule has 6 heteroatoms. The number of carbonyl (C=O) groups excluding carboxylic acids is 1. The average Bonchev–Trinajstić information content (AvgIpc) is 2.88. The number of nitrogens with zero attached hydrogens (tertiary/aromatic N) is 2. The molecule has 0 unspecified atom stereocenters. The van der Waals surface area contributed by atoms with Gasteiger partial charge in [-0.25, -0.2) is 8.91 Å². The van der Waals surface area contributed by atoms with Crippen LogP contribution in [0.15, 0.2) is 48.8 Å². The van der Waals surface area contributed by atoms with Gasteiger partial charge in [0, 0.05) is 18.3 Å². The number of halogens is 2. The predicted molar refractivity (Wildman–Crippen MR) is 77.8 cm³/mol. The van der Waals surface area contributed by atoms with Gasteiger partial charge >= 0.3 is 0 Å². The van der Waals surface area contributed by atoms with Crippen LogP contribution in [0, 0.1) is 5.82 Å². The maximum Gasteiger partial charge on any atom is 0.256 e. The third-order valence-electron chi connectivity index (χ3n) is 3.14. The van der Waals surface area contributed by atoms with Gasteiger partial charge in [-0.15, -0.1) is 0 Å². The van der Waals surface area contributed by atoms with Crippen molar-refractivity contribution in [3.63, 3.8) is 0 Å². The zero-order chi connectivity index (χ0) is 14.8. The fourth-order valence-electron chi connectivity index (χ4n) is 2.10. The molecule has 1 aromatic carbocycles. The third kappa shape index (κ3) is 2.60. The van der Waals surface area contributed by atoms with Crippen LogP contribution in [-0.2, 0) is 6.54 Å². The maximum absolute atomic E-state index is 13.7. The fraction of sp³-hybridized carbons (Fsp3) is 0.0667. The Morgan fingerprint density at radius 2 is 2.14 bits per heavy atom. The van der Waals surface area contributed by atoms with E-state index in [9.17, 15) is 9.18 Å². The number of rotatable bonds is 3. The smallest absolute Gasteiger partial charge is 0.256 e. The van der Waals surface area contributed by atoms with Crippen molar-refractivity contribution in [1.82, 2.24) is 14.9 Å². The molecule has 3 rings (SSSR count). The number of carbonyl (C=O) groups is 1. The van der Waals surface area contributed by atoms with Crippen LogP contribution < -0.4 is 5.32 Å². The molecular formula is C15H11ClFN3O. The Bertz CT molecular complexity index is 795. The summed E-state index contributed by atoms with van der Waals surface area (Å²) in [6.07, 6.45) is 3.48. The van der Waals surface area contributed by atoms with Gasteiger partial charge < -0.3 is 5.32 Å². The van der Waals surface area contributed by atoms with Crippen LogP contribution in [-0.4, -0.2) is 15.5 Å². The number of pyridine rings is 1. The molecule has 0 aliphatic heterocycles. The largest absolute Gasteiger partial charge is 0.348 e. The number of hydrogen-bond acceptors (Lipinski definition) is 2. The van der Waals surface area contributed by atoms with Gasteiger partial charge in [0.2, 0.25) is 0 Å². The van der Waals surface area contributed by atoms with Crippen LogP contribution in [0.3, 0.4) is 0 Å². The van der Waals surface area contributed by atoms with Gasteiger partial charge in [0.05, 0.1) is 22.3 Å². The summed E-state index contributed by atoms with van der Waals surface area (Å²) in [4.78, 5) is 12.1. The Hall–Kier alpha value is -2.40. The van der Waals surface area contributed by atoms with Crippen LogP contribution in [0.5, 0.6) is 0 Å². The molecule has 0 bridgehead atoms. The minimum atomic E-state index is -0.639. The number of hydrogen-bond donors (Lipinski definition) is 1. The lowest BCUT2D eigenvalue weighted by Crippen LogP contribution is -2.24. The minimum absolute atomic E-state index is 0.0902. The van der Waals surface area contributed by atoms with Crippen LogP contribution in [0.25, 0.3) is 5.52 Å². The summed E-state index contributed by atoms with van der Waals surface area (Å²) in [6, 6.07) is 9.78. The van der Waals surface area contributed by atoms with E-state index in [0.717, 1.165) is 11.1 Å². The lowest BCUT2D eigenvalue weighted by atomic mass is 10.2. The van der Waals surface area contributed by atoms with E-state index in [1.165, 1.54) is 18.2 Å². The molecule has 4 nitrogen and oxygen atoms in total. The van der Waals surface area contributed by atoms with Gasteiger partial charge in [0.25, 0.3) is 5.91 Å². The first kappa shape index (κ1) is 13.6. The molecular weight excluding hydrogens is 293 g/mol. The normalized spacial score (nSPS) is 10.8. The van der Waals surface area contributed by atoms with Crippen molar-refractivity contribution >= 4 is 23.0 Å². The second-order valence-electron chi connectivity index (χ2n) is 4.48. The summed E-state index contributed by atoms with van der Waals surface area (Å²) in [6.45, 7) is 0.247. The molecule has 0 aliphatic carbocycles. The molecule has 0 saturated heterocycles. The molecule has 0 fully saturated rings. The summed E-state index contributed by atoms with van der Waals surface area (Å²) >= 11 is 5.86. The number of benzene rings is 1. The first-order valence-corrected chi connectivity index (χ1v) is 6.68. The van der Waals surface area contributed by atoms with Gasteiger partial charge in [-0.2, -0.15) is 5.10 Å². The highest BCUT2D eigenvalue weighted by atomic mass is 35.5. The molecule has 2 heterocycles. The highest BCUT2D eigenvalue weighted by Crippen LogP contribution is 2.19. The lowest BCUT2D eigenvalue weighted by Gasteiger charge is -2.07. The van der Waals surface area contributed by atoms with Crippen LogP contribution in [0.2, 0.25) is 5.02 Å². The predicted octanol–water partition coefficient (Wildman–Crippen LogP) is 3.06. The molecule has 0 saturated carbocycles. The van der Waals surface area contributed by atoms with Gasteiger partial charge in [-0.05, 0) is 24.3 Å². The van der Waals surface area contributed by atoms with Crippen molar-refractivity contribution in [2.75, 3.05) is 0 Å². The highest BCUT2D eigenvalue weighted by Gasteiger charge is 2.15. The first-order chi connectivity index (χ1) is 10.2. The Kier molecular flexibility index (Phi) is 3.58. The van der Waals surface area contributed by atoms with Crippen LogP contribution >= 0.6 is 11.6 Å². The van der Waals surface area contributed by atoms with Gasteiger partial charge in [-0.3, -0.25) is 4.79 Å². The monoisotopic (exact) mass is 303 g/mol. The topological polar surface area (TPSA) is 46.4 Å². The quantitative estimate of drug-likeness (QED) is 0.808. The van der Waals surface area contributed by atoms with E-state index in [-0.39, 0.29) is 17.1 Å². The van der Waals surface area contributed by atoms with E-state index < -0.39 is 11.7 Å². The van der Waals surface area contributed by atoms with E-state index in [2.05, 4.69) is 10.4 Å². The van der Waals surface area contributed by atoms with Crippen molar-refractivity contribution in [3.05, 3.63) is 70.8 Å². The summed E-state index contributed by atoms with van der Waals surface area (Å²) in [7, 11) is 0. The Morgan fingerprint density at radius 3 is 2.95 bits per heavy atom. The molecule has 2 aromatic heterocycles. The van der Waals surface area contributed by atoms with Gasteiger partial charge in [0.15, 0.2) is 0 Å². The minimum Gasteiger partial charge on any atom is -0.348 e. The van der Waals surface area contributed by atoms with E-state index in [1.807, 2.05) is 24.4 Å². The van der Waals surface area contributed by atoms with Crippen molar-refractivity contribution in [2.24, 2.45) is 0 Å². The standard InChI is InChI=1S/C15H11ClFN3O/c16-11-4-3-5-12(17)14(11)15(21)18-8-10-9-19-20-7-2-1-6-13(10)20/h1-7,9H,8H2,(H,18,21). The molecule has 0 spiro atoms. The van der Waals surface area contributed by atoms with Crippen LogP contribution in [0.1, 0.15) is 15.9 Å². The number of amides is 1. The lowest BCUT2D eigenvalue weighted by molar-refractivity contribution is 0.0947. The van der Waals surface area contributed by atoms with Crippen molar-refractivity contribution in [2.45, 2.75) is 6.54 Å². The average molecular weight is 304 g/mol. The van der Waals surface area contributed by atoms with Crippen molar-refractivity contribution in [1.29, 1.82) is 0 Å². The molecule has 1 amide bonds. The number of nitrogens with one attached hydrogen (secondary N) is 1. The highest BCUT2D eigenvalue weighted by molar-refractivity contribution is 6.33. The summed E-state index contributed by atoms with van der Waals surface area (Å²) in [5.74, 6) is -1.19. The molecule has 0 radical (unpaired) electrons. The summed E-state index contributed by atoms with van der Waals surface area (Å²) in [5.41, 5.74) is 1.59. The van der Waals surface area contributed by atoms with Gasteiger partial charge in [-0.1, -0.05) is 23.7 Å². The van der Waals surface area contributed by atoms with E-state index >= 15 is 0 Å². The van der Waals surface area contributed by atoms with E-state index in [1.54, 1.807) is 10.7 Å². The number of aromatic nitrogens is 2. The Labute approximate surface area is 125 Å². The van der Waals surface area contributed by atoms with E-state index in [4.69, 9.17) is 11.6 Å². The molecule has 0 aliphatic rings. The number of fused-ring (bicyclic) bond motifs is 1. The maximum atomic E-state index is 13.7. The molecule has 21 heavy (non-hydrogen) atoms. The molecule has 3 aromatic rings. The first-order valence-electron chi connectivity index (χ1n) is 6.30. The molecule has 0 atom stereocenters. The fourth-order valence-corrected chi connectivity index (χ4v) is 2.35. The second-order valence-corrected chi connectivity index (χ2v) is 4.89. The zero-order valence-corrected chi connectivity index (χ0v) is 11.6. The Balaban J connectivity index is 1.80. The van der Waals surface area contributed by atoms with Gasteiger partial charge in [0.1, 0.15) is 5.82 Å². The Morgan fingerprint density at radius 1 is 1.29 bits per heavy atom.